The lowest BCUT2D eigenvalue weighted by Crippen LogP contribution is -2.09. The third-order valence-electron chi connectivity index (χ3n) is 2.71. The number of nitrogens with one attached hydrogen (secondary N) is 2. The van der Waals surface area contributed by atoms with Crippen LogP contribution >= 0.6 is 11.6 Å². The number of anilines is 2. The van der Waals surface area contributed by atoms with Crippen LogP contribution in [0.2, 0.25) is 5.02 Å². The first-order chi connectivity index (χ1) is 9.83. The Morgan fingerprint density at radius 2 is 1.71 bits per heavy atom. The van der Waals surface area contributed by atoms with E-state index >= 15 is 0 Å². The van der Waals surface area contributed by atoms with Gasteiger partial charge in [-0.15, -0.1) is 0 Å². The summed E-state index contributed by atoms with van der Waals surface area (Å²) >= 11 is 5.88. The molecule has 0 bridgehead atoms. The van der Waals surface area contributed by atoms with Crippen molar-refractivity contribution in [3.63, 3.8) is 0 Å². The van der Waals surface area contributed by atoms with Crippen LogP contribution in [0.4, 0.5) is 11.4 Å². The van der Waals surface area contributed by atoms with Crippen LogP contribution in [0.15, 0.2) is 42.5 Å². The molecule has 0 radical (unpaired) electrons. The second kappa shape index (κ2) is 6.24. The van der Waals surface area contributed by atoms with Gasteiger partial charge >= 0.3 is 0 Å². The van der Waals surface area contributed by atoms with E-state index in [1.165, 1.54) is 0 Å². The van der Waals surface area contributed by atoms with Gasteiger partial charge < -0.3 is 10.4 Å². The molecule has 2 rings (SSSR count). The molecular formula is C14H15ClN2O3S. The first-order valence-electron chi connectivity index (χ1n) is 6.12. The molecule has 0 saturated heterocycles. The topological polar surface area (TPSA) is 78.4 Å². The number of hydrogen-bond donors (Lipinski definition) is 3. The molecule has 0 spiro atoms. The molecule has 5 nitrogen and oxygen atoms in total. The van der Waals surface area contributed by atoms with E-state index in [2.05, 4.69) is 10.0 Å². The second-order valence-electron chi connectivity index (χ2n) is 4.58. The largest absolute Gasteiger partial charge is 0.508 e. The van der Waals surface area contributed by atoms with Gasteiger partial charge in [-0.3, -0.25) is 4.72 Å². The summed E-state index contributed by atoms with van der Waals surface area (Å²) in [5.74, 6) is 0.169. The van der Waals surface area contributed by atoms with E-state index < -0.39 is 10.0 Å². The smallest absolute Gasteiger partial charge is 0.229 e. The van der Waals surface area contributed by atoms with Crippen molar-refractivity contribution in [1.82, 2.24) is 0 Å². The monoisotopic (exact) mass is 326 g/mol. The van der Waals surface area contributed by atoms with Crippen LogP contribution in [-0.4, -0.2) is 19.8 Å². The Labute approximate surface area is 128 Å². The molecule has 21 heavy (non-hydrogen) atoms. The predicted molar refractivity (Wildman–Crippen MR) is 85.4 cm³/mol. The third-order valence-corrected chi connectivity index (χ3v) is 3.55. The average Bonchev–Trinajstić information content (AvgIpc) is 2.40. The van der Waals surface area contributed by atoms with Gasteiger partial charge in [0.2, 0.25) is 10.0 Å². The highest BCUT2D eigenvalue weighted by molar-refractivity contribution is 7.92. The number of halogens is 1. The molecule has 0 heterocycles. The highest BCUT2D eigenvalue weighted by Crippen LogP contribution is 2.23. The Morgan fingerprint density at radius 3 is 2.33 bits per heavy atom. The zero-order valence-corrected chi connectivity index (χ0v) is 12.9. The van der Waals surface area contributed by atoms with Crippen molar-refractivity contribution in [3.8, 4) is 5.75 Å². The molecule has 0 atom stereocenters. The normalized spacial score (nSPS) is 11.1. The van der Waals surface area contributed by atoms with Crippen LogP contribution in [-0.2, 0) is 16.6 Å². The first-order valence-corrected chi connectivity index (χ1v) is 8.39. The van der Waals surface area contributed by atoms with Gasteiger partial charge in [0.1, 0.15) is 5.75 Å². The van der Waals surface area contributed by atoms with Gasteiger partial charge in [-0.25, -0.2) is 8.42 Å². The van der Waals surface area contributed by atoms with E-state index in [0.717, 1.165) is 11.9 Å². The first kappa shape index (κ1) is 15.5. The SMILES string of the molecule is CS(=O)(=O)Nc1ccc(NCc2cc(Cl)ccc2O)cc1. The molecule has 0 aliphatic carbocycles. The molecule has 7 heteroatoms. The summed E-state index contributed by atoms with van der Waals surface area (Å²) in [6.45, 7) is 0.408. The lowest BCUT2D eigenvalue weighted by atomic mass is 10.2. The van der Waals surface area contributed by atoms with Gasteiger partial charge in [-0.1, -0.05) is 11.6 Å². The van der Waals surface area contributed by atoms with Crippen LogP contribution in [0.1, 0.15) is 5.56 Å². The van der Waals surface area contributed by atoms with E-state index in [-0.39, 0.29) is 5.75 Å². The maximum Gasteiger partial charge on any atom is 0.229 e. The Morgan fingerprint density at radius 1 is 1.10 bits per heavy atom. The molecule has 2 aromatic carbocycles. The molecule has 0 aliphatic heterocycles. The summed E-state index contributed by atoms with van der Waals surface area (Å²) in [6.07, 6.45) is 1.10. The molecule has 0 unspecified atom stereocenters. The number of sulfonamides is 1. The van der Waals surface area contributed by atoms with Crippen molar-refractivity contribution in [1.29, 1.82) is 0 Å². The standard InChI is InChI=1S/C14H15ClN2O3S/c1-21(19,20)17-13-5-3-12(4-6-13)16-9-10-8-11(15)2-7-14(10)18/h2-8,16-18H,9H2,1H3. The van der Waals surface area contributed by atoms with Gasteiger partial charge in [0.25, 0.3) is 0 Å². The van der Waals surface area contributed by atoms with E-state index in [1.54, 1.807) is 42.5 Å². The van der Waals surface area contributed by atoms with Gasteiger partial charge in [-0.05, 0) is 42.5 Å². The molecule has 112 valence electrons. The summed E-state index contributed by atoms with van der Waals surface area (Å²) in [4.78, 5) is 0. The highest BCUT2D eigenvalue weighted by Gasteiger charge is 2.03. The van der Waals surface area contributed by atoms with Crippen LogP contribution in [0.25, 0.3) is 0 Å². The maximum absolute atomic E-state index is 11.1. The third kappa shape index (κ3) is 4.84. The van der Waals surface area contributed by atoms with Crippen molar-refractivity contribution in [2.45, 2.75) is 6.54 Å². The highest BCUT2D eigenvalue weighted by atomic mass is 35.5. The molecule has 3 N–H and O–H groups in total. The Hall–Kier alpha value is -1.92. The van der Waals surface area contributed by atoms with Crippen molar-refractivity contribution in [2.24, 2.45) is 0 Å². The molecule has 0 fully saturated rings. The van der Waals surface area contributed by atoms with Crippen LogP contribution in [0.5, 0.6) is 5.75 Å². The van der Waals surface area contributed by atoms with Crippen LogP contribution in [0.3, 0.4) is 0 Å². The number of hydrogen-bond acceptors (Lipinski definition) is 4. The number of phenols is 1. The van der Waals surface area contributed by atoms with Gasteiger partial charge in [-0.2, -0.15) is 0 Å². The van der Waals surface area contributed by atoms with E-state index in [1.807, 2.05) is 0 Å². The lowest BCUT2D eigenvalue weighted by molar-refractivity contribution is 0.469. The zero-order valence-electron chi connectivity index (χ0n) is 11.3. The minimum Gasteiger partial charge on any atom is -0.508 e. The minimum absolute atomic E-state index is 0.169. The van der Waals surface area contributed by atoms with Crippen LogP contribution < -0.4 is 10.0 Å². The second-order valence-corrected chi connectivity index (χ2v) is 6.76. The molecule has 0 aliphatic rings. The van der Waals surface area contributed by atoms with Crippen molar-refractivity contribution in [3.05, 3.63) is 53.1 Å². The van der Waals surface area contributed by atoms with Crippen molar-refractivity contribution < 1.29 is 13.5 Å². The number of rotatable bonds is 5. The summed E-state index contributed by atoms with van der Waals surface area (Å²) in [6, 6.07) is 11.6. The summed E-state index contributed by atoms with van der Waals surface area (Å²) < 4.78 is 24.6. The fourth-order valence-corrected chi connectivity index (χ4v) is 2.52. The summed E-state index contributed by atoms with van der Waals surface area (Å²) in [7, 11) is -3.27. The fourth-order valence-electron chi connectivity index (χ4n) is 1.76. The molecule has 2 aromatic rings. The Bertz CT molecular complexity index is 730. The van der Waals surface area contributed by atoms with Crippen molar-refractivity contribution in [2.75, 3.05) is 16.3 Å². The molecule has 0 amide bonds. The fraction of sp³-hybridized carbons (Fsp3) is 0.143. The maximum atomic E-state index is 11.1. The minimum atomic E-state index is -3.27. The van der Waals surface area contributed by atoms with Crippen molar-refractivity contribution >= 4 is 33.0 Å². The summed E-state index contributed by atoms with van der Waals surface area (Å²) in [5.41, 5.74) is 1.97. The number of phenolic OH excluding ortho intramolecular Hbond substituents is 1. The van der Waals surface area contributed by atoms with Gasteiger partial charge in [0, 0.05) is 28.5 Å². The van der Waals surface area contributed by atoms with E-state index in [4.69, 9.17) is 11.6 Å². The molecular weight excluding hydrogens is 312 g/mol. The average molecular weight is 327 g/mol. The Balaban J connectivity index is 2.02. The van der Waals surface area contributed by atoms with Crippen LogP contribution in [0, 0.1) is 0 Å². The number of aromatic hydroxyl groups is 1. The van der Waals surface area contributed by atoms with Gasteiger partial charge in [0.15, 0.2) is 0 Å². The van der Waals surface area contributed by atoms with Gasteiger partial charge in [0.05, 0.1) is 6.26 Å². The Kier molecular flexibility index (Phi) is 4.59. The molecule has 0 aromatic heterocycles. The lowest BCUT2D eigenvalue weighted by Gasteiger charge is -2.10. The number of benzene rings is 2. The predicted octanol–water partition coefficient (Wildman–Crippen LogP) is 3.03. The zero-order chi connectivity index (χ0) is 15.5. The molecule has 0 saturated carbocycles. The van der Waals surface area contributed by atoms with E-state index in [9.17, 15) is 13.5 Å². The summed E-state index contributed by atoms with van der Waals surface area (Å²) in [5, 5.41) is 13.4. The quantitative estimate of drug-likeness (QED) is 0.789. The van der Waals surface area contributed by atoms with E-state index in [0.29, 0.717) is 22.8 Å².